The van der Waals surface area contributed by atoms with E-state index in [2.05, 4.69) is 41.9 Å². The molecule has 0 heterocycles. The molecule has 1 atom stereocenters. The fourth-order valence-electron chi connectivity index (χ4n) is 1.68. The van der Waals surface area contributed by atoms with Gasteiger partial charge in [0, 0.05) is 7.05 Å². The number of hydrogen-bond donors (Lipinski definition) is 0. The minimum atomic E-state index is -0.151. The number of ether oxygens (including phenoxy) is 1. The van der Waals surface area contributed by atoms with E-state index in [0.717, 1.165) is 5.75 Å². The average Bonchev–Trinajstić information content (AvgIpc) is 2.37. The third kappa shape index (κ3) is 5.23. The Labute approximate surface area is 124 Å². The molecule has 0 aliphatic rings. The van der Waals surface area contributed by atoms with Gasteiger partial charge < -0.3 is 9.64 Å². The van der Waals surface area contributed by atoms with Crippen molar-refractivity contribution < 1.29 is 9.53 Å². The fourth-order valence-corrected chi connectivity index (χ4v) is 2.03. The largest absolute Gasteiger partial charge is 0.492 e. The maximum atomic E-state index is 11.7. The first-order valence-electron chi connectivity index (χ1n) is 6.53. The zero-order valence-corrected chi connectivity index (χ0v) is 13.6. The average molecular weight is 328 g/mol. The van der Waals surface area contributed by atoms with Crippen LogP contribution in [-0.2, 0) is 4.79 Å². The van der Waals surface area contributed by atoms with Crippen molar-refractivity contribution in [1.29, 1.82) is 0 Å². The first-order chi connectivity index (χ1) is 8.91. The Kier molecular flexibility index (Phi) is 6.35. The van der Waals surface area contributed by atoms with Crippen molar-refractivity contribution in [3.8, 4) is 5.75 Å². The molecule has 1 amide bonds. The molecule has 0 aliphatic carbocycles. The fraction of sp³-hybridized carbons (Fsp3) is 0.533. The Hall–Kier alpha value is -1.03. The molecule has 0 bridgehead atoms. The van der Waals surface area contributed by atoms with E-state index in [0.29, 0.717) is 19.1 Å². The Morgan fingerprint density at radius 3 is 2.63 bits per heavy atom. The number of benzene rings is 1. The number of carbonyl (C=O) groups excluding carboxylic acids is 1. The molecule has 1 aromatic carbocycles. The monoisotopic (exact) mass is 327 g/mol. The number of likely N-dealkylation sites (N-methyl/N-ethyl adjacent to an activating group) is 1. The lowest BCUT2D eigenvalue weighted by molar-refractivity contribution is -0.129. The molecule has 1 unspecified atom stereocenters. The molecule has 1 aromatic rings. The number of amides is 1. The van der Waals surface area contributed by atoms with Gasteiger partial charge in [-0.2, -0.15) is 0 Å². The van der Waals surface area contributed by atoms with Crippen LogP contribution in [-0.4, -0.2) is 35.8 Å². The molecule has 0 saturated carbocycles. The molecule has 0 aromatic heterocycles. The second-order valence-corrected chi connectivity index (χ2v) is 6.32. The van der Waals surface area contributed by atoms with E-state index < -0.39 is 0 Å². The van der Waals surface area contributed by atoms with E-state index in [1.54, 1.807) is 11.9 Å². The molecule has 4 heteroatoms. The van der Waals surface area contributed by atoms with Crippen molar-refractivity contribution in [3.63, 3.8) is 0 Å². The number of nitrogens with zero attached hydrogens (tertiary/aromatic N) is 1. The van der Waals surface area contributed by atoms with Crippen LogP contribution in [0.1, 0.15) is 32.3 Å². The predicted molar refractivity (Wildman–Crippen MR) is 82.1 cm³/mol. The van der Waals surface area contributed by atoms with Gasteiger partial charge in [-0.15, -0.1) is 0 Å². The number of hydrogen-bond acceptors (Lipinski definition) is 2. The molecule has 0 radical (unpaired) electrons. The summed E-state index contributed by atoms with van der Waals surface area (Å²) in [4.78, 5) is 13.2. The summed E-state index contributed by atoms with van der Waals surface area (Å²) in [5.74, 6) is 1.42. The van der Waals surface area contributed by atoms with Gasteiger partial charge in [0.2, 0.25) is 5.91 Å². The van der Waals surface area contributed by atoms with Crippen molar-refractivity contribution >= 4 is 21.8 Å². The summed E-state index contributed by atoms with van der Waals surface area (Å²) < 4.78 is 5.69. The quantitative estimate of drug-likeness (QED) is 0.749. The van der Waals surface area contributed by atoms with Gasteiger partial charge in [0.1, 0.15) is 12.4 Å². The van der Waals surface area contributed by atoms with Crippen molar-refractivity contribution in [1.82, 2.24) is 4.90 Å². The minimum absolute atomic E-state index is 0.0690. The zero-order chi connectivity index (χ0) is 14.4. The Morgan fingerprint density at radius 2 is 2.05 bits per heavy atom. The molecule has 106 valence electrons. The van der Waals surface area contributed by atoms with E-state index in [1.807, 2.05) is 19.1 Å². The summed E-state index contributed by atoms with van der Waals surface area (Å²) in [7, 11) is 1.79. The molecule has 1 rings (SSSR count). The van der Waals surface area contributed by atoms with Crippen LogP contribution >= 0.6 is 15.9 Å². The van der Waals surface area contributed by atoms with Crippen molar-refractivity contribution in [2.45, 2.75) is 31.5 Å². The van der Waals surface area contributed by atoms with Gasteiger partial charge in [-0.05, 0) is 30.5 Å². The maximum absolute atomic E-state index is 11.7. The number of rotatable bonds is 6. The van der Waals surface area contributed by atoms with Crippen LogP contribution in [0.5, 0.6) is 5.75 Å². The number of alkyl halides is 1. The lowest BCUT2D eigenvalue weighted by Gasteiger charge is -2.19. The molecular formula is C15H22BrNO2. The molecule has 19 heavy (non-hydrogen) atoms. The van der Waals surface area contributed by atoms with Crippen molar-refractivity contribution in [3.05, 3.63) is 29.8 Å². The van der Waals surface area contributed by atoms with Gasteiger partial charge in [0.15, 0.2) is 0 Å². The van der Waals surface area contributed by atoms with Gasteiger partial charge in [-0.1, -0.05) is 41.9 Å². The van der Waals surface area contributed by atoms with E-state index in [-0.39, 0.29) is 10.7 Å². The molecule has 0 N–H and O–H groups in total. The standard InChI is InChI=1S/C15H22BrNO2/c1-11(2)13-6-5-7-14(10-13)19-9-8-17(4)15(18)12(3)16/h5-7,10-12H,8-9H2,1-4H3. The van der Waals surface area contributed by atoms with Crippen molar-refractivity contribution in [2.24, 2.45) is 0 Å². The molecule has 0 saturated heterocycles. The van der Waals surface area contributed by atoms with E-state index in [1.165, 1.54) is 5.56 Å². The highest BCUT2D eigenvalue weighted by Gasteiger charge is 2.13. The second kappa shape index (κ2) is 7.53. The van der Waals surface area contributed by atoms with Crippen LogP contribution in [0.4, 0.5) is 0 Å². The van der Waals surface area contributed by atoms with Crippen molar-refractivity contribution in [2.75, 3.05) is 20.2 Å². The lowest BCUT2D eigenvalue weighted by Crippen LogP contribution is -2.35. The van der Waals surface area contributed by atoms with Crippen LogP contribution in [0.2, 0.25) is 0 Å². The summed E-state index contributed by atoms with van der Waals surface area (Å²) >= 11 is 3.27. The minimum Gasteiger partial charge on any atom is -0.492 e. The van der Waals surface area contributed by atoms with Crippen LogP contribution in [0.25, 0.3) is 0 Å². The first-order valence-corrected chi connectivity index (χ1v) is 7.45. The third-order valence-corrected chi connectivity index (χ3v) is 3.33. The Morgan fingerprint density at radius 1 is 1.37 bits per heavy atom. The topological polar surface area (TPSA) is 29.5 Å². The second-order valence-electron chi connectivity index (χ2n) is 4.95. The summed E-state index contributed by atoms with van der Waals surface area (Å²) in [5.41, 5.74) is 1.26. The molecule has 0 aliphatic heterocycles. The van der Waals surface area contributed by atoms with E-state index >= 15 is 0 Å². The summed E-state index contributed by atoms with van der Waals surface area (Å²) in [6.07, 6.45) is 0. The van der Waals surface area contributed by atoms with Crippen LogP contribution < -0.4 is 4.74 Å². The highest BCUT2D eigenvalue weighted by atomic mass is 79.9. The molecule has 0 spiro atoms. The summed E-state index contributed by atoms with van der Waals surface area (Å²) in [6, 6.07) is 8.10. The van der Waals surface area contributed by atoms with Gasteiger partial charge >= 0.3 is 0 Å². The van der Waals surface area contributed by atoms with E-state index in [4.69, 9.17) is 4.74 Å². The van der Waals surface area contributed by atoms with Crippen LogP contribution in [0.15, 0.2) is 24.3 Å². The Bertz CT molecular complexity index is 418. The van der Waals surface area contributed by atoms with Crippen LogP contribution in [0.3, 0.4) is 0 Å². The lowest BCUT2D eigenvalue weighted by atomic mass is 10.0. The van der Waals surface area contributed by atoms with Gasteiger partial charge in [0.25, 0.3) is 0 Å². The Balaban J connectivity index is 2.45. The molecule has 3 nitrogen and oxygen atoms in total. The maximum Gasteiger partial charge on any atom is 0.235 e. The van der Waals surface area contributed by atoms with E-state index in [9.17, 15) is 4.79 Å². The third-order valence-electron chi connectivity index (χ3n) is 2.94. The smallest absolute Gasteiger partial charge is 0.235 e. The predicted octanol–water partition coefficient (Wildman–Crippen LogP) is 3.43. The number of carbonyl (C=O) groups is 1. The van der Waals surface area contributed by atoms with Crippen LogP contribution in [0, 0.1) is 0 Å². The normalized spacial score (nSPS) is 12.3. The zero-order valence-electron chi connectivity index (χ0n) is 12.0. The van der Waals surface area contributed by atoms with Gasteiger partial charge in [-0.3, -0.25) is 4.79 Å². The molecular weight excluding hydrogens is 306 g/mol. The highest BCUT2D eigenvalue weighted by Crippen LogP contribution is 2.20. The summed E-state index contributed by atoms with van der Waals surface area (Å²) in [5, 5.41) is 0. The summed E-state index contributed by atoms with van der Waals surface area (Å²) in [6.45, 7) is 7.22. The molecule has 0 fully saturated rings. The van der Waals surface area contributed by atoms with Gasteiger partial charge in [0.05, 0.1) is 11.4 Å². The first kappa shape index (κ1) is 16.0. The van der Waals surface area contributed by atoms with Gasteiger partial charge in [-0.25, -0.2) is 0 Å². The highest BCUT2D eigenvalue weighted by molar-refractivity contribution is 9.10. The SMILES string of the molecule is CC(Br)C(=O)N(C)CCOc1cccc(C(C)C)c1. The number of halogens is 1.